The predicted octanol–water partition coefficient (Wildman–Crippen LogP) is 3.62. The first kappa shape index (κ1) is 24.0. The molecule has 0 unspecified atom stereocenters. The van der Waals surface area contributed by atoms with E-state index in [9.17, 15) is 9.59 Å². The highest BCUT2D eigenvalue weighted by molar-refractivity contribution is 5.96. The van der Waals surface area contributed by atoms with Gasteiger partial charge in [-0.1, -0.05) is 48.0 Å². The van der Waals surface area contributed by atoms with Crippen LogP contribution in [-0.2, 0) is 19.5 Å². The lowest BCUT2D eigenvalue weighted by Crippen LogP contribution is -2.35. The Morgan fingerprint density at radius 2 is 1.76 bits per heavy atom. The maximum Gasteiger partial charge on any atom is 0.267 e. The van der Waals surface area contributed by atoms with Crippen LogP contribution in [0.1, 0.15) is 27.0 Å². The molecule has 0 radical (unpaired) electrons. The Balaban J connectivity index is 1.57. The molecular formula is C29H27N5O3. The number of hydrogen-bond acceptors (Lipinski definition) is 5. The van der Waals surface area contributed by atoms with Gasteiger partial charge in [-0.15, -0.1) is 0 Å². The molecule has 8 heteroatoms. The molecule has 3 aromatic heterocycles. The van der Waals surface area contributed by atoms with Crippen molar-refractivity contribution in [2.75, 3.05) is 7.11 Å². The number of aromatic nitrogens is 3. The monoisotopic (exact) mass is 493 g/mol. The second-order valence-corrected chi connectivity index (χ2v) is 8.91. The first-order chi connectivity index (χ1) is 17.9. The van der Waals surface area contributed by atoms with E-state index in [0.717, 1.165) is 22.4 Å². The van der Waals surface area contributed by atoms with Gasteiger partial charge in [0.2, 0.25) is 0 Å². The number of pyridine rings is 2. The Hall–Kier alpha value is -4.72. The molecule has 0 bridgehead atoms. The van der Waals surface area contributed by atoms with Crippen LogP contribution in [0, 0.1) is 12.3 Å². The fourth-order valence-corrected chi connectivity index (χ4v) is 4.29. The molecule has 186 valence electrons. The van der Waals surface area contributed by atoms with Gasteiger partial charge in [-0.2, -0.15) is 0 Å². The van der Waals surface area contributed by atoms with Gasteiger partial charge in [0.1, 0.15) is 22.5 Å². The quantitative estimate of drug-likeness (QED) is 0.338. The van der Waals surface area contributed by atoms with Crippen molar-refractivity contribution in [1.29, 1.82) is 5.41 Å². The summed E-state index contributed by atoms with van der Waals surface area (Å²) in [4.78, 5) is 31.3. The van der Waals surface area contributed by atoms with E-state index in [1.807, 2.05) is 61.5 Å². The standard InChI is InChI=1S/C29H27N5O3/c1-19-6-8-21(9-7-19)18-31-28(35)23-17-24-27(32-25-5-3-4-15-33(25)29(24)36)34(26(23)30)16-14-20-10-12-22(37-2)13-11-20/h3-13,15,17,30H,14,16,18H2,1-2H3,(H,31,35). The molecule has 0 aliphatic carbocycles. The first-order valence-electron chi connectivity index (χ1n) is 12.0. The number of carbonyl (C=O) groups is 1. The summed E-state index contributed by atoms with van der Waals surface area (Å²) < 4.78 is 8.34. The number of ether oxygens (including phenoxy) is 1. The van der Waals surface area contributed by atoms with E-state index in [2.05, 4.69) is 5.32 Å². The summed E-state index contributed by atoms with van der Waals surface area (Å²) in [7, 11) is 1.62. The Morgan fingerprint density at radius 3 is 2.49 bits per heavy atom. The van der Waals surface area contributed by atoms with E-state index < -0.39 is 5.91 Å². The van der Waals surface area contributed by atoms with E-state index >= 15 is 0 Å². The number of hydrogen-bond donors (Lipinski definition) is 2. The van der Waals surface area contributed by atoms with Crippen molar-refractivity contribution < 1.29 is 9.53 Å². The van der Waals surface area contributed by atoms with Gasteiger partial charge < -0.3 is 14.6 Å². The van der Waals surface area contributed by atoms with Gasteiger partial charge in [0.15, 0.2) is 0 Å². The van der Waals surface area contributed by atoms with Crippen LogP contribution in [0.15, 0.2) is 83.8 Å². The molecule has 2 aromatic carbocycles. The van der Waals surface area contributed by atoms with E-state index in [4.69, 9.17) is 15.1 Å². The van der Waals surface area contributed by atoms with Crippen LogP contribution < -0.4 is 21.1 Å². The smallest absolute Gasteiger partial charge is 0.267 e. The SMILES string of the molecule is COc1ccc(CCn2c(=N)c(C(=O)NCc3ccc(C)cc3)cc3c(=O)n4ccccc4nc32)cc1. The summed E-state index contributed by atoms with van der Waals surface area (Å²) in [5.41, 5.74) is 3.83. The molecule has 2 N–H and O–H groups in total. The van der Waals surface area contributed by atoms with Crippen LogP contribution in [0.5, 0.6) is 5.75 Å². The lowest BCUT2D eigenvalue weighted by Gasteiger charge is -2.15. The van der Waals surface area contributed by atoms with Crippen molar-refractivity contribution in [1.82, 2.24) is 19.3 Å². The summed E-state index contributed by atoms with van der Waals surface area (Å²) in [5.74, 6) is 0.347. The van der Waals surface area contributed by atoms with Gasteiger partial charge in [0.25, 0.3) is 11.5 Å². The van der Waals surface area contributed by atoms with Gasteiger partial charge in [0.05, 0.1) is 18.1 Å². The molecule has 0 atom stereocenters. The number of fused-ring (bicyclic) bond motifs is 2. The van der Waals surface area contributed by atoms with Crippen LogP contribution in [0.4, 0.5) is 0 Å². The average Bonchev–Trinajstić information content (AvgIpc) is 2.92. The maximum atomic E-state index is 13.4. The third-order valence-corrected chi connectivity index (χ3v) is 6.42. The molecule has 37 heavy (non-hydrogen) atoms. The zero-order chi connectivity index (χ0) is 25.9. The number of carbonyl (C=O) groups excluding carboxylic acids is 1. The first-order valence-corrected chi connectivity index (χ1v) is 12.0. The van der Waals surface area contributed by atoms with Crippen LogP contribution in [0.3, 0.4) is 0 Å². The molecule has 0 saturated carbocycles. The van der Waals surface area contributed by atoms with Gasteiger partial charge in [-0.05, 0) is 54.8 Å². The molecule has 0 aliphatic rings. The lowest BCUT2D eigenvalue weighted by molar-refractivity contribution is 0.0948. The molecule has 0 spiro atoms. The van der Waals surface area contributed by atoms with Gasteiger partial charge in [-0.25, -0.2) is 4.98 Å². The number of rotatable bonds is 7. The zero-order valence-electron chi connectivity index (χ0n) is 20.7. The molecule has 1 amide bonds. The fourth-order valence-electron chi connectivity index (χ4n) is 4.29. The van der Waals surface area contributed by atoms with Gasteiger partial charge in [0, 0.05) is 19.3 Å². The largest absolute Gasteiger partial charge is 0.497 e. The van der Waals surface area contributed by atoms with Crippen molar-refractivity contribution in [2.24, 2.45) is 0 Å². The normalized spacial score (nSPS) is 11.1. The molecule has 5 aromatic rings. The van der Waals surface area contributed by atoms with E-state index in [1.54, 1.807) is 30.0 Å². The van der Waals surface area contributed by atoms with Gasteiger partial charge in [-0.3, -0.25) is 19.4 Å². The predicted molar refractivity (Wildman–Crippen MR) is 142 cm³/mol. The second kappa shape index (κ2) is 10.1. The highest BCUT2D eigenvalue weighted by Gasteiger charge is 2.17. The Kier molecular flexibility index (Phi) is 6.55. The van der Waals surface area contributed by atoms with E-state index in [1.165, 1.54) is 10.5 Å². The summed E-state index contributed by atoms with van der Waals surface area (Å²) >= 11 is 0. The molecule has 5 rings (SSSR count). The number of nitrogens with one attached hydrogen (secondary N) is 2. The minimum atomic E-state index is -0.414. The fraction of sp³-hybridized carbons (Fsp3) is 0.172. The number of nitrogens with zero attached hydrogens (tertiary/aromatic N) is 3. The van der Waals surface area contributed by atoms with Crippen LogP contribution >= 0.6 is 0 Å². The van der Waals surface area contributed by atoms with Crippen molar-refractivity contribution in [3.05, 3.63) is 117 Å². The molecular weight excluding hydrogens is 466 g/mol. The minimum absolute atomic E-state index is 0.00889. The number of amides is 1. The van der Waals surface area contributed by atoms with Crippen LogP contribution in [0.25, 0.3) is 16.7 Å². The Morgan fingerprint density at radius 1 is 1.03 bits per heavy atom. The summed E-state index contributed by atoms with van der Waals surface area (Å²) in [6, 6.07) is 22.4. The topological polar surface area (TPSA) is 101 Å². The molecule has 3 heterocycles. The summed E-state index contributed by atoms with van der Waals surface area (Å²) in [5, 5.41) is 12.1. The maximum absolute atomic E-state index is 13.4. The summed E-state index contributed by atoms with van der Waals surface area (Å²) in [6.07, 6.45) is 2.23. The average molecular weight is 494 g/mol. The highest BCUT2D eigenvalue weighted by Crippen LogP contribution is 2.15. The molecule has 8 nitrogen and oxygen atoms in total. The van der Waals surface area contributed by atoms with Crippen molar-refractivity contribution in [2.45, 2.75) is 26.4 Å². The molecule has 0 saturated heterocycles. The lowest BCUT2D eigenvalue weighted by atomic mass is 10.1. The zero-order valence-corrected chi connectivity index (χ0v) is 20.7. The van der Waals surface area contributed by atoms with E-state index in [-0.39, 0.29) is 22.0 Å². The summed E-state index contributed by atoms with van der Waals surface area (Å²) in [6.45, 7) is 2.69. The second-order valence-electron chi connectivity index (χ2n) is 8.91. The van der Waals surface area contributed by atoms with E-state index in [0.29, 0.717) is 30.8 Å². The minimum Gasteiger partial charge on any atom is -0.497 e. The van der Waals surface area contributed by atoms with Crippen molar-refractivity contribution in [3.8, 4) is 5.75 Å². The van der Waals surface area contributed by atoms with Crippen LogP contribution in [-0.4, -0.2) is 27.0 Å². The third kappa shape index (κ3) is 4.86. The molecule has 0 fully saturated rings. The Bertz CT molecular complexity index is 1720. The van der Waals surface area contributed by atoms with Crippen molar-refractivity contribution in [3.63, 3.8) is 0 Å². The Labute approximate surface area is 213 Å². The van der Waals surface area contributed by atoms with Crippen molar-refractivity contribution >= 4 is 22.6 Å². The van der Waals surface area contributed by atoms with Crippen LogP contribution in [0.2, 0.25) is 0 Å². The highest BCUT2D eigenvalue weighted by atomic mass is 16.5. The number of benzene rings is 2. The molecule has 0 aliphatic heterocycles. The van der Waals surface area contributed by atoms with Gasteiger partial charge >= 0.3 is 0 Å². The number of aryl methyl sites for hydroxylation is 3. The third-order valence-electron chi connectivity index (χ3n) is 6.42. The number of methoxy groups -OCH3 is 1.